The molecule has 0 unspecified atom stereocenters. The van der Waals surface area contributed by atoms with Crippen LogP contribution in [-0.4, -0.2) is 15.7 Å². The van der Waals surface area contributed by atoms with Crippen LogP contribution in [0, 0.1) is 0 Å². The number of thioether (sulfide) groups is 1. The minimum absolute atomic E-state index is 0.592. The molecule has 3 nitrogen and oxygen atoms in total. The van der Waals surface area contributed by atoms with Crippen molar-refractivity contribution in [3.63, 3.8) is 0 Å². The Morgan fingerprint density at radius 1 is 1.62 bits per heavy atom. The summed E-state index contributed by atoms with van der Waals surface area (Å²) in [7, 11) is 0. The lowest BCUT2D eigenvalue weighted by Gasteiger charge is -1.85. The summed E-state index contributed by atoms with van der Waals surface area (Å²) in [5, 5.41) is 0.647. The first-order valence-electron chi connectivity index (χ1n) is 3.85. The van der Waals surface area contributed by atoms with Crippen LogP contribution in [-0.2, 0) is 0 Å². The zero-order valence-corrected chi connectivity index (χ0v) is 7.75. The SMILES string of the molecule is C=CCSc1nc2cccnc2o1. The predicted molar refractivity (Wildman–Crippen MR) is 52.7 cm³/mol. The van der Waals surface area contributed by atoms with Crippen LogP contribution in [0.15, 0.2) is 40.6 Å². The van der Waals surface area contributed by atoms with Crippen molar-refractivity contribution in [1.29, 1.82) is 0 Å². The standard InChI is InChI=1S/C9H8N2OS/c1-2-6-13-9-11-7-4-3-5-10-8(7)12-9/h2-5H,1,6H2. The van der Waals surface area contributed by atoms with Crippen LogP contribution in [0.3, 0.4) is 0 Å². The molecule has 2 aromatic heterocycles. The number of aromatic nitrogens is 2. The van der Waals surface area contributed by atoms with Crippen LogP contribution in [0.4, 0.5) is 0 Å². The van der Waals surface area contributed by atoms with E-state index in [0.717, 1.165) is 11.3 Å². The van der Waals surface area contributed by atoms with Crippen LogP contribution in [0.2, 0.25) is 0 Å². The summed E-state index contributed by atoms with van der Waals surface area (Å²) >= 11 is 1.51. The quantitative estimate of drug-likeness (QED) is 0.553. The molecule has 0 saturated heterocycles. The van der Waals surface area contributed by atoms with E-state index in [4.69, 9.17) is 4.42 Å². The van der Waals surface area contributed by atoms with E-state index in [2.05, 4.69) is 16.5 Å². The maximum absolute atomic E-state index is 5.36. The third kappa shape index (κ3) is 1.72. The summed E-state index contributed by atoms with van der Waals surface area (Å²) in [6, 6.07) is 3.72. The minimum atomic E-state index is 0.592. The van der Waals surface area contributed by atoms with Gasteiger partial charge < -0.3 is 4.42 Å². The van der Waals surface area contributed by atoms with Gasteiger partial charge >= 0.3 is 0 Å². The van der Waals surface area contributed by atoms with Crippen molar-refractivity contribution >= 4 is 23.0 Å². The monoisotopic (exact) mass is 192 g/mol. The van der Waals surface area contributed by atoms with Gasteiger partial charge in [-0.25, -0.2) is 9.97 Å². The Balaban J connectivity index is 2.32. The number of oxazole rings is 1. The van der Waals surface area contributed by atoms with E-state index in [-0.39, 0.29) is 0 Å². The van der Waals surface area contributed by atoms with Crippen LogP contribution in [0.1, 0.15) is 0 Å². The number of hydrogen-bond acceptors (Lipinski definition) is 4. The maximum atomic E-state index is 5.36. The zero-order valence-electron chi connectivity index (χ0n) is 6.93. The van der Waals surface area contributed by atoms with Gasteiger partial charge in [0.15, 0.2) is 0 Å². The fraction of sp³-hybridized carbons (Fsp3) is 0.111. The molecule has 0 amide bonds. The molecule has 2 aromatic rings. The van der Waals surface area contributed by atoms with Crippen LogP contribution in [0.25, 0.3) is 11.2 Å². The van der Waals surface area contributed by atoms with E-state index < -0.39 is 0 Å². The second-order valence-electron chi connectivity index (χ2n) is 2.41. The van der Waals surface area contributed by atoms with Gasteiger partial charge in [0, 0.05) is 11.9 Å². The highest BCUT2D eigenvalue weighted by atomic mass is 32.2. The average Bonchev–Trinajstić information content (AvgIpc) is 2.57. The molecular formula is C9H8N2OS. The van der Waals surface area contributed by atoms with Crippen molar-refractivity contribution in [3.8, 4) is 0 Å². The van der Waals surface area contributed by atoms with E-state index in [1.807, 2.05) is 18.2 Å². The fourth-order valence-electron chi connectivity index (χ4n) is 0.942. The van der Waals surface area contributed by atoms with E-state index >= 15 is 0 Å². The zero-order chi connectivity index (χ0) is 9.10. The average molecular weight is 192 g/mol. The Labute approximate surface area is 79.9 Å². The molecule has 0 fully saturated rings. The topological polar surface area (TPSA) is 38.9 Å². The van der Waals surface area contributed by atoms with Gasteiger partial charge in [0.05, 0.1) is 0 Å². The normalized spacial score (nSPS) is 10.5. The molecule has 2 heterocycles. The largest absolute Gasteiger partial charge is 0.412 e. The van der Waals surface area contributed by atoms with Crippen LogP contribution in [0.5, 0.6) is 0 Å². The third-order valence-corrected chi connectivity index (χ3v) is 2.30. The van der Waals surface area contributed by atoms with Gasteiger partial charge in [-0.2, -0.15) is 0 Å². The Hall–Kier alpha value is -1.29. The lowest BCUT2D eigenvalue weighted by Crippen LogP contribution is -1.71. The molecule has 66 valence electrons. The summed E-state index contributed by atoms with van der Waals surface area (Å²) in [6.07, 6.45) is 3.50. The van der Waals surface area contributed by atoms with Gasteiger partial charge in [0.2, 0.25) is 5.71 Å². The van der Waals surface area contributed by atoms with E-state index in [1.165, 1.54) is 11.8 Å². The van der Waals surface area contributed by atoms with Gasteiger partial charge in [0.25, 0.3) is 5.22 Å². The number of pyridine rings is 1. The number of nitrogens with zero attached hydrogens (tertiary/aromatic N) is 2. The molecule has 0 aliphatic carbocycles. The number of rotatable bonds is 3. The predicted octanol–water partition coefficient (Wildman–Crippen LogP) is 2.50. The number of fused-ring (bicyclic) bond motifs is 1. The second kappa shape index (κ2) is 3.62. The summed E-state index contributed by atoms with van der Waals surface area (Å²) in [4.78, 5) is 8.28. The Morgan fingerprint density at radius 2 is 2.54 bits per heavy atom. The van der Waals surface area contributed by atoms with Gasteiger partial charge in [-0.15, -0.1) is 6.58 Å². The highest BCUT2D eigenvalue weighted by molar-refractivity contribution is 7.99. The summed E-state index contributed by atoms with van der Waals surface area (Å²) in [5.41, 5.74) is 1.39. The molecule has 0 radical (unpaired) electrons. The summed E-state index contributed by atoms with van der Waals surface area (Å²) in [5.74, 6) is 0.798. The highest BCUT2D eigenvalue weighted by Gasteiger charge is 2.04. The van der Waals surface area contributed by atoms with E-state index in [1.54, 1.807) is 6.20 Å². The molecule has 0 spiro atoms. The highest BCUT2D eigenvalue weighted by Crippen LogP contribution is 2.21. The van der Waals surface area contributed by atoms with Crippen LogP contribution >= 0.6 is 11.8 Å². The molecule has 0 aliphatic rings. The van der Waals surface area contributed by atoms with Crippen molar-refractivity contribution in [2.45, 2.75) is 5.22 Å². The molecule has 0 N–H and O–H groups in total. The Kier molecular flexibility index (Phi) is 2.31. The Morgan fingerprint density at radius 3 is 3.31 bits per heavy atom. The van der Waals surface area contributed by atoms with Crippen molar-refractivity contribution in [2.24, 2.45) is 0 Å². The third-order valence-electron chi connectivity index (χ3n) is 1.47. The first-order chi connectivity index (χ1) is 6.40. The Bertz CT molecular complexity index is 391. The molecule has 0 atom stereocenters. The van der Waals surface area contributed by atoms with Crippen molar-refractivity contribution in [3.05, 3.63) is 31.0 Å². The summed E-state index contributed by atoms with van der Waals surface area (Å²) in [6.45, 7) is 3.62. The first-order valence-corrected chi connectivity index (χ1v) is 4.84. The van der Waals surface area contributed by atoms with Gasteiger partial charge in [-0.3, -0.25) is 0 Å². The molecule has 13 heavy (non-hydrogen) atoms. The fourth-order valence-corrected chi connectivity index (χ4v) is 1.50. The van der Waals surface area contributed by atoms with E-state index in [0.29, 0.717) is 10.9 Å². The molecule has 0 aliphatic heterocycles. The van der Waals surface area contributed by atoms with Gasteiger partial charge in [-0.05, 0) is 12.1 Å². The van der Waals surface area contributed by atoms with Gasteiger partial charge in [-0.1, -0.05) is 17.8 Å². The lowest BCUT2D eigenvalue weighted by molar-refractivity contribution is 0.482. The lowest BCUT2D eigenvalue weighted by atomic mass is 10.5. The smallest absolute Gasteiger partial charge is 0.258 e. The van der Waals surface area contributed by atoms with Gasteiger partial charge in [0.1, 0.15) is 5.52 Å². The second-order valence-corrected chi connectivity index (χ2v) is 3.38. The maximum Gasteiger partial charge on any atom is 0.258 e. The van der Waals surface area contributed by atoms with Crippen molar-refractivity contribution in [1.82, 2.24) is 9.97 Å². The number of hydrogen-bond donors (Lipinski definition) is 0. The molecular weight excluding hydrogens is 184 g/mol. The van der Waals surface area contributed by atoms with Crippen molar-refractivity contribution in [2.75, 3.05) is 5.75 Å². The summed E-state index contributed by atoms with van der Waals surface area (Å²) < 4.78 is 5.36. The molecule has 0 aromatic carbocycles. The molecule has 2 rings (SSSR count). The van der Waals surface area contributed by atoms with E-state index in [9.17, 15) is 0 Å². The molecule has 0 saturated carbocycles. The molecule has 0 bridgehead atoms. The first kappa shape index (κ1) is 8.31. The molecule has 4 heteroatoms. The minimum Gasteiger partial charge on any atom is -0.412 e. The van der Waals surface area contributed by atoms with Crippen LogP contribution < -0.4 is 0 Å². The van der Waals surface area contributed by atoms with Crippen molar-refractivity contribution < 1.29 is 4.42 Å².